The zero-order valence-corrected chi connectivity index (χ0v) is 12.7. The molecule has 1 heterocycles. The number of hydrogen-bond donors (Lipinski definition) is 1. The maximum Gasteiger partial charge on any atom is 0.123 e. The standard InChI is InChI=1S/C16H26N2O2/c1-12-11-18(9-6-10-20-12)16(13(2)17)14-7-4-5-8-15(14)19-3/h4-5,7-8,12-13,16H,6,9-11,17H2,1-3H3. The molecule has 0 bridgehead atoms. The normalized spacial score (nSPS) is 23.9. The van der Waals surface area contributed by atoms with Gasteiger partial charge < -0.3 is 15.2 Å². The van der Waals surface area contributed by atoms with E-state index in [1.807, 2.05) is 18.2 Å². The zero-order valence-electron chi connectivity index (χ0n) is 12.7. The number of benzene rings is 1. The highest BCUT2D eigenvalue weighted by atomic mass is 16.5. The molecular formula is C16H26N2O2. The smallest absolute Gasteiger partial charge is 0.123 e. The molecule has 4 heteroatoms. The second kappa shape index (κ2) is 7.07. The van der Waals surface area contributed by atoms with Gasteiger partial charge in [0, 0.05) is 31.3 Å². The summed E-state index contributed by atoms with van der Waals surface area (Å²) in [4.78, 5) is 2.43. The molecule has 4 nitrogen and oxygen atoms in total. The van der Waals surface area contributed by atoms with E-state index in [9.17, 15) is 0 Å². The lowest BCUT2D eigenvalue weighted by molar-refractivity contribution is 0.0580. The van der Waals surface area contributed by atoms with Crippen LogP contribution in [0.5, 0.6) is 5.75 Å². The molecule has 3 atom stereocenters. The molecule has 0 saturated carbocycles. The largest absolute Gasteiger partial charge is 0.496 e. The number of methoxy groups -OCH3 is 1. The molecule has 1 aliphatic heterocycles. The molecule has 0 aliphatic carbocycles. The van der Waals surface area contributed by atoms with E-state index in [0.29, 0.717) is 0 Å². The summed E-state index contributed by atoms with van der Waals surface area (Å²) in [7, 11) is 1.71. The first-order valence-electron chi connectivity index (χ1n) is 7.37. The van der Waals surface area contributed by atoms with Gasteiger partial charge in [-0.2, -0.15) is 0 Å². The molecule has 20 heavy (non-hydrogen) atoms. The highest BCUT2D eigenvalue weighted by molar-refractivity contribution is 5.36. The van der Waals surface area contributed by atoms with E-state index in [1.165, 1.54) is 5.56 Å². The Labute approximate surface area is 121 Å². The second-order valence-electron chi connectivity index (χ2n) is 5.58. The van der Waals surface area contributed by atoms with E-state index in [4.69, 9.17) is 15.2 Å². The molecule has 1 aromatic rings. The first-order chi connectivity index (χ1) is 9.63. The van der Waals surface area contributed by atoms with Crippen molar-refractivity contribution >= 4 is 0 Å². The number of rotatable bonds is 4. The molecule has 0 amide bonds. The van der Waals surface area contributed by atoms with Gasteiger partial charge in [-0.05, 0) is 26.3 Å². The molecule has 2 rings (SSSR count). The van der Waals surface area contributed by atoms with Crippen molar-refractivity contribution in [2.24, 2.45) is 5.73 Å². The maximum atomic E-state index is 6.28. The third kappa shape index (κ3) is 3.51. The Balaban J connectivity index is 2.30. The third-order valence-corrected chi connectivity index (χ3v) is 3.83. The molecule has 2 N–H and O–H groups in total. The van der Waals surface area contributed by atoms with Gasteiger partial charge in [-0.15, -0.1) is 0 Å². The number of hydrogen-bond acceptors (Lipinski definition) is 4. The SMILES string of the molecule is COc1ccccc1C(C(C)N)N1CCCOC(C)C1. The fourth-order valence-corrected chi connectivity index (χ4v) is 3.00. The topological polar surface area (TPSA) is 47.7 Å². The first-order valence-corrected chi connectivity index (χ1v) is 7.37. The predicted octanol–water partition coefficient (Wildman–Crippen LogP) is 2.19. The Bertz CT molecular complexity index is 423. The van der Waals surface area contributed by atoms with Crippen molar-refractivity contribution in [3.8, 4) is 5.75 Å². The lowest BCUT2D eigenvalue weighted by atomic mass is 9.97. The number of nitrogens with zero attached hydrogens (tertiary/aromatic N) is 1. The Morgan fingerprint density at radius 3 is 2.85 bits per heavy atom. The fourth-order valence-electron chi connectivity index (χ4n) is 3.00. The van der Waals surface area contributed by atoms with Crippen LogP contribution >= 0.6 is 0 Å². The Hall–Kier alpha value is -1.10. The highest BCUT2D eigenvalue weighted by Crippen LogP contribution is 2.32. The van der Waals surface area contributed by atoms with Gasteiger partial charge in [0.05, 0.1) is 19.3 Å². The van der Waals surface area contributed by atoms with Crippen LogP contribution in [0.15, 0.2) is 24.3 Å². The van der Waals surface area contributed by atoms with E-state index in [0.717, 1.165) is 31.9 Å². The highest BCUT2D eigenvalue weighted by Gasteiger charge is 2.28. The Kier molecular flexibility index (Phi) is 5.40. The Morgan fingerprint density at radius 1 is 1.40 bits per heavy atom. The summed E-state index contributed by atoms with van der Waals surface area (Å²) in [6.45, 7) is 6.93. The summed E-state index contributed by atoms with van der Waals surface area (Å²) < 4.78 is 11.3. The van der Waals surface area contributed by atoms with Gasteiger partial charge in [-0.1, -0.05) is 18.2 Å². The van der Waals surface area contributed by atoms with Gasteiger partial charge in [-0.3, -0.25) is 4.90 Å². The lowest BCUT2D eigenvalue weighted by Gasteiger charge is -2.35. The van der Waals surface area contributed by atoms with E-state index >= 15 is 0 Å². The summed E-state index contributed by atoms with van der Waals surface area (Å²) in [5, 5.41) is 0. The molecule has 0 spiro atoms. The summed E-state index contributed by atoms with van der Waals surface area (Å²) >= 11 is 0. The zero-order chi connectivity index (χ0) is 14.5. The second-order valence-corrected chi connectivity index (χ2v) is 5.58. The summed E-state index contributed by atoms with van der Waals surface area (Å²) in [6, 6.07) is 8.36. The molecule has 0 radical (unpaired) electrons. The molecule has 0 aromatic heterocycles. The van der Waals surface area contributed by atoms with E-state index in [-0.39, 0.29) is 18.2 Å². The summed E-state index contributed by atoms with van der Waals surface area (Å²) in [5.74, 6) is 0.910. The van der Waals surface area contributed by atoms with E-state index < -0.39 is 0 Å². The van der Waals surface area contributed by atoms with Crippen LogP contribution in [0.3, 0.4) is 0 Å². The minimum absolute atomic E-state index is 0.0385. The quantitative estimate of drug-likeness (QED) is 0.917. The van der Waals surface area contributed by atoms with Crippen molar-refractivity contribution in [3.05, 3.63) is 29.8 Å². The summed E-state index contributed by atoms with van der Waals surface area (Å²) in [6.07, 6.45) is 1.29. The maximum absolute atomic E-state index is 6.28. The van der Waals surface area contributed by atoms with Crippen molar-refractivity contribution in [2.75, 3.05) is 26.8 Å². The molecule has 112 valence electrons. The van der Waals surface area contributed by atoms with Gasteiger partial charge in [0.2, 0.25) is 0 Å². The monoisotopic (exact) mass is 278 g/mol. The van der Waals surface area contributed by atoms with Crippen LogP contribution < -0.4 is 10.5 Å². The summed E-state index contributed by atoms with van der Waals surface area (Å²) in [5.41, 5.74) is 7.45. The van der Waals surface area contributed by atoms with Gasteiger partial charge in [-0.25, -0.2) is 0 Å². The van der Waals surface area contributed by atoms with Crippen molar-refractivity contribution in [1.82, 2.24) is 4.90 Å². The van der Waals surface area contributed by atoms with Crippen molar-refractivity contribution in [1.29, 1.82) is 0 Å². The molecule has 1 aromatic carbocycles. The minimum atomic E-state index is 0.0385. The molecule has 1 aliphatic rings. The van der Waals surface area contributed by atoms with Gasteiger partial charge in [0.25, 0.3) is 0 Å². The van der Waals surface area contributed by atoms with Gasteiger partial charge >= 0.3 is 0 Å². The van der Waals surface area contributed by atoms with Crippen LogP contribution in [0.25, 0.3) is 0 Å². The first kappa shape index (κ1) is 15.3. The predicted molar refractivity (Wildman–Crippen MR) is 81.0 cm³/mol. The van der Waals surface area contributed by atoms with Crippen molar-refractivity contribution < 1.29 is 9.47 Å². The van der Waals surface area contributed by atoms with Gasteiger partial charge in [0.15, 0.2) is 0 Å². The van der Waals surface area contributed by atoms with Crippen LogP contribution in [0.4, 0.5) is 0 Å². The lowest BCUT2D eigenvalue weighted by Crippen LogP contribution is -2.42. The number of nitrogens with two attached hydrogens (primary N) is 1. The number of ether oxygens (including phenoxy) is 2. The van der Waals surface area contributed by atoms with Crippen LogP contribution in [0.2, 0.25) is 0 Å². The van der Waals surface area contributed by atoms with Crippen molar-refractivity contribution in [2.45, 2.75) is 38.5 Å². The van der Waals surface area contributed by atoms with Gasteiger partial charge in [0.1, 0.15) is 5.75 Å². The average Bonchev–Trinajstić information content (AvgIpc) is 2.64. The van der Waals surface area contributed by atoms with E-state index in [1.54, 1.807) is 7.11 Å². The molecule has 1 fully saturated rings. The van der Waals surface area contributed by atoms with Crippen LogP contribution in [-0.2, 0) is 4.74 Å². The molecular weight excluding hydrogens is 252 g/mol. The van der Waals surface area contributed by atoms with Crippen LogP contribution in [0.1, 0.15) is 31.9 Å². The Morgan fingerprint density at radius 2 is 2.15 bits per heavy atom. The minimum Gasteiger partial charge on any atom is -0.496 e. The number of para-hydroxylation sites is 1. The van der Waals surface area contributed by atoms with Crippen LogP contribution in [-0.4, -0.2) is 43.9 Å². The molecule has 3 unspecified atom stereocenters. The third-order valence-electron chi connectivity index (χ3n) is 3.83. The average molecular weight is 278 g/mol. The fraction of sp³-hybridized carbons (Fsp3) is 0.625. The molecule has 1 saturated heterocycles. The van der Waals surface area contributed by atoms with Crippen molar-refractivity contribution in [3.63, 3.8) is 0 Å². The van der Waals surface area contributed by atoms with E-state index in [2.05, 4.69) is 24.8 Å². The van der Waals surface area contributed by atoms with Crippen LogP contribution in [0, 0.1) is 0 Å².